The molecule has 4 rings (SSSR count). The Balaban J connectivity index is 1.68. The maximum absolute atomic E-state index is 13.2. The van der Waals surface area contributed by atoms with Crippen molar-refractivity contribution in [1.82, 2.24) is 9.55 Å². The van der Waals surface area contributed by atoms with E-state index in [2.05, 4.69) is 17.1 Å². The lowest BCUT2D eigenvalue weighted by Gasteiger charge is -2.30. The van der Waals surface area contributed by atoms with Gasteiger partial charge in [0.15, 0.2) is 0 Å². The maximum atomic E-state index is 13.2. The van der Waals surface area contributed by atoms with Crippen LogP contribution < -0.4 is 11.2 Å². The number of rotatable bonds is 6. The first kappa shape index (κ1) is 24.0. The summed E-state index contributed by atoms with van der Waals surface area (Å²) < 4.78 is 40.5. The summed E-state index contributed by atoms with van der Waals surface area (Å²) in [4.78, 5) is 28.7. The van der Waals surface area contributed by atoms with Crippen LogP contribution in [0.4, 0.5) is 13.2 Å². The molecule has 1 aromatic heterocycles. The second-order valence-electron chi connectivity index (χ2n) is 8.84. The zero-order chi connectivity index (χ0) is 24.3. The molecule has 0 bridgehead atoms. The molecular formula is C26H27F3N2O3. The molecule has 0 amide bonds. The third-order valence-electron chi connectivity index (χ3n) is 6.68. The zero-order valence-electron chi connectivity index (χ0n) is 18.6. The predicted molar refractivity (Wildman–Crippen MR) is 123 cm³/mol. The normalized spacial score (nSPS) is 18.7. The average molecular weight is 473 g/mol. The van der Waals surface area contributed by atoms with Gasteiger partial charge in [-0.15, -0.1) is 0 Å². The van der Waals surface area contributed by atoms with E-state index in [1.165, 1.54) is 11.6 Å². The van der Waals surface area contributed by atoms with Gasteiger partial charge < -0.3 is 10.1 Å². The van der Waals surface area contributed by atoms with Crippen molar-refractivity contribution in [2.24, 2.45) is 0 Å². The number of hydrogen-bond donors (Lipinski definition) is 2. The van der Waals surface area contributed by atoms with Crippen molar-refractivity contribution in [3.05, 3.63) is 103 Å². The number of benzene rings is 2. The first-order chi connectivity index (χ1) is 16.3. The van der Waals surface area contributed by atoms with Gasteiger partial charge in [0, 0.05) is 17.7 Å². The summed E-state index contributed by atoms with van der Waals surface area (Å²) in [5, 5.41) is 9.29. The Labute approximate surface area is 194 Å². The Morgan fingerprint density at radius 1 is 0.941 bits per heavy atom. The van der Waals surface area contributed by atoms with E-state index in [0.29, 0.717) is 17.2 Å². The number of hydrogen-bond acceptors (Lipinski definition) is 3. The lowest BCUT2D eigenvalue weighted by Crippen LogP contribution is -2.40. The Hall–Kier alpha value is -3.13. The van der Waals surface area contributed by atoms with Gasteiger partial charge in [-0.1, -0.05) is 48.5 Å². The SMILES string of the molecule is O=c1[nH]c([C@H]2CC[C@H](c3ccccc3)CC2)c(Cc2cccc(C(F)(F)F)c2)c(=O)n1CCO. The van der Waals surface area contributed by atoms with Crippen molar-refractivity contribution in [3.63, 3.8) is 0 Å². The molecule has 34 heavy (non-hydrogen) atoms. The second kappa shape index (κ2) is 10.0. The molecule has 8 heteroatoms. The van der Waals surface area contributed by atoms with Crippen molar-refractivity contribution >= 4 is 0 Å². The first-order valence-corrected chi connectivity index (χ1v) is 11.5. The molecule has 5 nitrogen and oxygen atoms in total. The molecular weight excluding hydrogens is 445 g/mol. The highest BCUT2D eigenvalue weighted by Crippen LogP contribution is 2.40. The molecule has 2 N–H and O–H groups in total. The fraction of sp³-hybridized carbons (Fsp3) is 0.385. The van der Waals surface area contributed by atoms with Crippen LogP contribution in [0.15, 0.2) is 64.2 Å². The van der Waals surface area contributed by atoms with E-state index in [9.17, 15) is 27.9 Å². The molecule has 1 fully saturated rings. The standard InChI is InChI=1S/C26H27F3N2O3/c27-26(28,29)21-8-4-5-17(15-21)16-22-23(30-25(34)31(13-14-32)24(22)33)20-11-9-19(10-12-20)18-6-2-1-3-7-18/h1-8,15,19-20,32H,9-14,16H2,(H,30,34)/t19-,20-. The molecule has 180 valence electrons. The van der Waals surface area contributed by atoms with Gasteiger partial charge in [0.1, 0.15) is 0 Å². The summed E-state index contributed by atoms with van der Waals surface area (Å²) in [6, 6.07) is 15.1. The number of halogens is 3. The number of aliphatic hydroxyl groups is 1. The zero-order valence-corrected chi connectivity index (χ0v) is 18.6. The topological polar surface area (TPSA) is 75.1 Å². The van der Waals surface area contributed by atoms with E-state index in [0.717, 1.165) is 42.4 Å². The van der Waals surface area contributed by atoms with Gasteiger partial charge in [-0.3, -0.25) is 9.36 Å². The Bertz CT molecular complexity index is 1240. The van der Waals surface area contributed by atoms with E-state index >= 15 is 0 Å². The van der Waals surface area contributed by atoms with Crippen LogP contribution >= 0.6 is 0 Å². The monoisotopic (exact) mass is 472 g/mol. The van der Waals surface area contributed by atoms with Crippen LogP contribution in [-0.4, -0.2) is 21.3 Å². The quantitative estimate of drug-likeness (QED) is 0.552. The number of alkyl halides is 3. The lowest BCUT2D eigenvalue weighted by atomic mass is 9.76. The molecule has 0 radical (unpaired) electrons. The number of aliphatic hydroxyl groups excluding tert-OH is 1. The highest BCUT2D eigenvalue weighted by molar-refractivity contribution is 5.33. The van der Waals surface area contributed by atoms with Crippen LogP contribution in [0, 0.1) is 0 Å². The van der Waals surface area contributed by atoms with Crippen LogP contribution in [0.2, 0.25) is 0 Å². The lowest BCUT2D eigenvalue weighted by molar-refractivity contribution is -0.137. The largest absolute Gasteiger partial charge is 0.416 e. The molecule has 1 saturated carbocycles. The van der Waals surface area contributed by atoms with Crippen molar-refractivity contribution < 1.29 is 18.3 Å². The molecule has 0 spiro atoms. The van der Waals surface area contributed by atoms with Crippen LogP contribution in [0.25, 0.3) is 0 Å². The average Bonchev–Trinajstić information content (AvgIpc) is 2.84. The fourth-order valence-electron chi connectivity index (χ4n) is 4.95. The van der Waals surface area contributed by atoms with Gasteiger partial charge in [0.05, 0.1) is 18.7 Å². The van der Waals surface area contributed by atoms with Crippen molar-refractivity contribution in [1.29, 1.82) is 0 Å². The van der Waals surface area contributed by atoms with Crippen molar-refractivity contribution in [2.75, 3.05) is 6.61 Å². The molecule has 1 heterocycles. The molecule has 1 aliphatic carbocycles. The van der Waals surface area contributed by atoms with E-state index < -0.39 is 29.6 Å². The third kappa shape index (κ3) is 5.17. The smallest absolute Gasteiger partial charge is 0.395 e. The van der Waals surface area contributed by atoms with Crippen molar-refractivity contribution in [3.8, 4) is 0 Å². The Morgan fingerprint density at radius 2 is 1.62 bits per heavy atom. The Morgan fingerprint density at radius 3 is 2.26 bits per heavy atom. The van der Waals surface area contributed by atoms with E-state index in [-0.39, 0.29) is 24.4 Å². The van der Waals surface area contributed by atoms with Gasteiger partial charge in [0.25, 0.3) is 5.56 Å². The number of aromatic nitrogens is 2. The number of nitrogens with one attached hydrogen (secondary N) is 1. The van der Waals surface area contributed by atoms with Gasteiger partial charge in [-0.05, 0) is 54.7 Å². The summed E-state index contributed by atoms with van der Waals surface area (Å²) in [7, 11) is 0. The highest BCUT2D eigenvalue weighted by Gasteiger charge is 2.31. The van der Waals surface area contributed by atoms with Crippen LogP contribution in [0.3, 0.4) is 0 Å². The van der Waals surface area contributed by atoms with Gasteiger partial charge in [-0.25, -0.2) is 4.79 Å². The minimum Gasteiger partial charge on any atom is -0.395 e. The highest BCUT2D eigenvalue weighted by atomic mass is 19.4. The van der Waals surface area contributed by atoms with Crippen molar-refractivity contribution in [2.45, 2.75) is 56.7 Å². The Kier molecular flexibility index (Phi) is 7.07. The number of aromatic amines is 1. The summed E-state index contributed by atoms with van der Waals surface area (Å²) in [6.45, 7) is -0.571. The summed E-state index contributed by atoms with van der Waals surface area (Å²) in [5.41, 5.74) is 0.451. The predicted octanol–water partition coefficient (Wildman–Crippen LogP) is 4.58. The maximum Gasteiger partial charge on any atom is 0.416 e. The van der Waals surface area contributed by atoms with E-state index in [1.54, 1.807) is 6.07 Å². The molecule has 0 saturated heterocycles. The van der Waals surface area contributed by atoms with Gasteiger partial charge in [0.2, 0.25) is 0 Å². The number of H-pyrrole nitrogens is 1. The molecule has 0 aliphatic heterocycles. The van der Waals surface area contributed by atoms with Crippen LogP contribution in [-0.2, 0) is 19.1 Å². The van der Waals surface area contributed by atoms with Crippen LogP contribution in [0.1, 0.15) is 65.5 Å². The number of nitrogens with zero attached hydrogens (tertiary/aromatic N) is 1. The molecule has 0 atom stereocenters. The molecule has 0 unspecified atom stereocenters. The third-order valence-corrected chi connectivity index (χ3v) is 6.68. The second-order valence-corrected chi connectivity index (χ2v) is 8.84. The summed E-state index contributed by atoms with van der Waals surface area (Å²) in [5.74, 6) is 0.329. The molecule has 2 aromatic carbocycles. The van der Waals surface area contributed by atoms with Gasteiger partial charge in [-0.2, -0.15) is 13.2 Å². The van der Waals surface area contributed by atoms with Gasteiger partial charge >= 0.3 is 11.9 Å². The molecule has 3 aromatic rings. The summed E-state index contributed by atoms with van der Waals surface area (Å²) in [6.07, 6.45) is -1.22. The fourth-order valence-corrected chi connectivity index (χ4v) is 4.95. The van der Waals surface area contributed by atoms with E-state index in [1.807, 2.05) is 18.2 Å². The molecule has 1 aliphatic rings. The van der Waals surface area contributed by atoms with Crippen LogP contribution in [0.5, 0.6) is 0 Å². The minimum atomic E-state index is -4.49. The summed E-state index contributed by atoms with van der Waals surface area (Å²) >= 11 is 0. The van der Waals surface area contributed by atoms with E-state index in [4.69, 9.17) is 0 Å². The first-order valence-electron chi connectivity index (χ1n) is 11.5. The minimum absolute atomic E-state index is 0.0289.